The van der Waals surface area contributed by atoms with Crippen LogP contribution in [0.4, 0.5) is 5.13 Å². The molecule has 38 heavy (non-hydrogen) atoms. The second kappa shape index (κ2) is 11.1. The standard InChI is InChI=1S/C29H33N3O5S/c1-18-4-7-26(24(14-18)25-17-38-29(30-25)32-9-8-23(20(32)3)28(34)35)37-16-22-6-5-21(15-19(22)2)27(33)31-10-12-36-13-11-31/h4-7,14-15,17,20,23H,8-13,16H2,1-3H3,(H,34,35)/t20-,23-/m1/s1. The summed E-state index contributed by atoms with van der Waals surface area (Å²) in [6, 6.07) is 11.7. The van der Waals surface area contributed by atoms with Gasteiger partial charge in [0.2, 0.25) is 0 Å². The van der Waals surface area contributed by atoms with Crippen molar-refractivity contribution >= 4 is 28.3 Å². The third-order valence-corrected chi connectivity index (χ3v) is 8.37. The van der Waals surface area contributed by atoms with Crippen molar-refractivity contribution in [3.8, 4) is 17.0 Å². The van der Waals surface area contributed by atoms with Gasteiger partial charge in [0.1, 0.15) is 12.4 Å². The summed E-state index contributed by atoms with van der Waals surface area (Å²) in [6.07, 6.45) is 0.625. The average molecular weight is 536 g/mol. The monoisotopic (exact) mass is 535 g/mol. The summed E-state index contributed by atoms with van der Waals surface area (Å²) in [7, 11) is 0. The van der Waals surface area contributed by atoms with E-state index in [9.17, 15) is 14.7 Å². The van der Waals surface area contributed by atoms with E-state index < -0.39 is 5.97 Å². The number of carboxylic acid groups (broad SMARTS) is 1. The number of amides is 1. The summed E-state index contributed by atoms with van der Waals surface area (Å²) in [5, 5.41) is 12.3. The van der Waals surface area contributed by atoms with Crippen LogP contribution in [-0.2, 0) is 16.1 Å². The van der Waals surface area contributed by atoms with E-state index in [1.807, 2.05) is 61.4 Å². The van der Waals surface area contributed by atoms with E-state index in [0.29, 0.717) is 51.4 Å². The molecule has 1 amide bonds. The molecule has 2 saturated heterocycles. The molecule has 1 N–H and O–H groups in total. The third-order valence-electron chi connectivity index (χ3n) is 7.49. The molecule has 0 bridgehead atoms. The van der Waals surface area contributed by atoms with E-state index in [1.165, 1.54) is 11.3 Å². The molecule has 3 aromatic rings. The minimum atomic E-state index is -0.750. The van der Waals surface area contributed by atoms with Crippen molar-refractivity contribution in [2.75, 3.05) is 37.7 Å². The van der Waals surface area contributed by atoms with Crippen LogP contribution in [0.5, 0.6) is 5.75 Å². The van der Waals surface area contributed by atoms with E-state index in [2.05, 4.69) is 11.0 Å². The first-order valence-corrected chi connectivity index (χ1v) is 13.8. The van der Waals surface area contributed by atoms with Crippen LogP contribution >= 0.6 is 11.3 Å². The largest absolute Gasteiger partial charge is 0.488 e. The number of carbonyl (C=O) groups is 2. The molecule has 2 aliphatic heterocycles. The van der Waals surface area contributed by atoms with E-state index in [1.54, 1.807) is 0 Å². The maximum atomic E-state index is 12.8. The molecule has 0 saturated carbocycles. The molecule has 0 unspecified atom stereocenters. The van der Waals surface area contributed by atoms with Gasteiger partial charge in [0.25, 0.3) is 5.91 Å². The Kier molecular flexibility index (Phi) is 7.67. The number of rotatable bonds is 7. The summed E-state index contributed by atoms with van der Waals surface area (Å²) in [5.74, 6) is -0.358. The Labute approximate surface area is 226 Å². The predicted octanol–water partition coefficient (Wildman–Crippen LogP) is 4.78. The van der Waals surface area contributed by atoms with Gasteiger partial charge in [-0.05, 0) is 62.6 Å². The lowest BCUT2D eigenvalue weighted by molar-refractivity contribution is -0.141. The lowest BCUT2D eigenvalue weighted by Crippen LogP contribution is -2.40. The molecule has 0 aliphatic carbocycles. The topological polar surface area (TPSA) is 92.2 Å². The number of nitrogens with zero attached hydrogens (tertiary/aromatic N) is 3. The summed E-state index contributed by atoms with van der Waals surface area (Å²) in [4.78, 5) is 33.2. The Balaban J connectivity index is 1.31. The molecule has 2 aliphatic rings. The van der Waals surface area contributed by atoms with Gasteiger partial charge in [0.15, 0.2) is 5.13 Å². The normalized spacial score (nSPS) is 19.6. The number of hydrogen-bond donors (Lipinski definition) is 1. The lowest BCUT2D eigenvalue weighted by atomic mass is 10.0. The maximum Gasteiger partial charge on any atom is 0.308 e. The number of aromatic nitrogens is 1. The van der Waals surface area contributed by atoms with Crippen molar-refractivity contribution in [3.63, 3.8) is 0 Å². The maximum absolute atomic E-state index is 12.8. The second-order valence-electron chi connectivity index (χ2n) is 10.0. The number of carbonyl (C=O) groups excluding carboxylic acids is 1. The predicted molar refractivity (Wildman–Crippen MR) is 147 cm³/mol. The van der Waals surface area contributed by atoms with Crippen molar-refractivity contribution in [2.24, 2.45) is 5.92 Å². The molecule has 200 valence electrons. The Bertz CT molecular complexity index is 1330. The summed E-state index contributed by atoms with van der Waals surface area (Å²) in [6.45, 7) is 9.44. The number of carboxylic acids is 1. The zero-order chi connectivity index (χ0) is 26.8. The summed E-state index contributed by atoms with van der Waals surface area (Å²) >= 11 is 1.53. The van der Waals surface area contributed by atoms with Crippen LogP contribution < -0.4 is 9.64 Å². The van der Waals surface area contributed by atoms with E-state index >= 15 is 0 Å². The van der Waals surface area contributed by atoms with Crippen LogP contribution in [0.15, 0.2) is 41.8 Å². The zero-order valence-electron chi connectivity index (χ0n) is 22.0. The smallest absolute Gasteiger partial charge is 0.308 e. The van der Waals surface area contributed by atoms with Crippen molar-refractivity contribution in [1.29, 1.82) is 0 Å². The quantitative estimate of drug-likeness (QED) is 0.466. The Morgan fingerprint density at radius 3 is 2.63 bits per heavy atom. The van der Waals surface area contributed by atoms with Crippen LogP contribution in [0.1, 0.15) is 40.4 Å². The van der Waals surface area contributed by atoms with Crippen molar-refractivity contribution in [3.05, 3.63) is 64.0 Å². The first-order valence-electron chi connectivity index (χ1n) is 13.0. The Hall–Kier alpha value is -3.43. The number of thiazole rings is 1. The molecular formula is C29H33N3O5S. The molecule has 2 fully saturated rings. The molecule has 2 aromatic carbocycles. The summed E-state index contributed by atoms with van der Waals surface area (Å²) < 4.78 is 11.7. The molecule has 9 heteroatoms. The van der Waals surface area contributed by atoms with Crippen molar-refractivity contribution in [1.82, 2.24) is 9.88 Å². The third kappa shape index (κ3) is 5.39. The highest BCUT2D eigenvalue weighted by molar-refractivity contribution is 7.14. The number of ether oxygens (including phenoxy) is 2. The van der Waals surface area contributed by atoms with Crippen LogP contribution in [0.25, 0.3) is 11.3 Å². The van der Waals surface area contributed by atoms with Gasteiger partial charge in [0, 0.05) is 42.2 Å². The van der Waals surface area contributed by atoms with Gasteiger partial charge in [-0.15, -0.1) is 11.3 Å². The van der Waals surface area contributed by atoms with Gasteiger partial charge in [0.05, 0.1) is 24.8 Å². The first-order chi connectivity index (χ1) is 18.3. The fourth-order valence-electron chi connectivity index (χ4n) is 5.13. The van der Waals surface area contributed by atoms with Crippen molar-refractivity contribution in [2.45, 2.75) is 39.8 Å². The molecule has 2 atom stereocenters. The van der Waals surface area contributed by atoms with E-state index in [-0.39, 0.29) is 17.9 Å². The van der Waals surface area contributed by atoms with Gasteiger partial charge < -0.3 is 24.4 Å². The van der Waals surface area contributed by atoms with Gasteiger partial charge in [-0.2, -0.15) is 0 Å². The van der Waals surface area contributed by atoms with E-state index in [4.69, 9.17) is 14.5 Å². The molecule has 5 rings (SSSR count). The molecule has 3 heterocycles. The number of aryl methyl sites for hydroxylation is 2. The zero-order valence-corrected chi connectivity index (χ0v) is 22.8. The fourth-order valence-corrected chi connectivity index (χ4v) is 6.07. The van der Waals surface area contributed by atoms with Crippen LogP contribution in [0.2, 0.25) is 0 Å². The Morgan fingerprint density at radius 1 is 1.13 bits per heavy atom. The van der Waals surface area contributed by atoms with Gasteiger partial charge in [-0.25, -0.2) is 4.98 Å². The number of aliphatic carboxylic acids is 1. The van der Waals surface area contributed by atoms with Crippen LogP contribution in [-0.4, -0.2) is 65.8 Å². The number of morpholine rings is 1. The minimum absolute atomic E-state index is 0.0334. The van der Waals surface area contributed by atoms with Crippen LogP contribution in [0, 0.1) is 19.8 Å². The highest BCUT2D eigenvalue weighted by atomic mass is 32.1. The molecule has 0 spiro atoms. The number of benzene rings is 2. The minimum Gasteiger partial charge on any atom is -0.488 e. The van der Waals surface area contributed by atoms with Gasteiger partial charge in [-0.1, -0.05) is 17.7 Å². The SMILES string of the molecule is Cc1ccc(OCc2ccc(C(=O)N3CCOCC3)cc2C)c(-c2csc(N3CC[C@@H](C(=O)O)[C@H]3C)n2)c1. The highest BCUT2D eigenvalue weighted by Crippen LogP contribution is 2.37. The van der Waals surface area contributed by atoms with E-state index in [0.717, 1.165) is 38.8 Å². The Morgan fingerprint density at radius 2 is 1.92 bits per heavy atom. The number of hydrogen-bond acceptors (Lipinski definition) is 7. The van der Waals surface area contributed by atoms with Gasteiger partial charge >= 0.3 is 5.97 Å². The molecule has 8 nitrogen and oxygen atoms in total. The second-order valence-corrected chi connectivity index (χ2v) is 10.9. The number of anilines is 1. The molecule has 0 radical (unpaired) electrons. The van der Waals surface area contributed by atoms with Crippen LogP contribution in [0.3, 0.4) is 0 Å². The summed E-state index contributed by atoms with van der Waals surface area (Å²) in [5.41, 5.74) is 5.53. The van der Waals surface area contributed by atoms with Gasteiger partial charge in [-0.3, -0.25) is 9.59 Å². The average Bonchev–Trinajstić information content (AvgIpc) is 3.55. The first kappa shape index (κ1) is 26.2. The highest BCUT2D eigenvalue weighted by Gasteiger charge is 2.37. The lowest BCUT2D eigenvalue weighted by Gasteiger charge is -2.27. The molecular weight excluding hydrogens is 502 g/mol. The van der Waals surface area contributed by atoms with Crippen molar-refractivity contribution < 1.29 is 24.2 Å². The fraction of sp³-hybridized carbons (Fsp3) is 0.414. The molecule has 1 aromatic heterocycles.